The van der Waals surface area contributed by atoms with E-state index in [2.05, 4.69) is 15.6 Å². The number of hydrogen-bond acceptors (Lipinski definition) is 6. The van der Waals surface area contributed by atoms with E-state index in [0.29, 0.717) is 23.9 Å². The van der Waals surface area contributed by atoms with Crippen LogP contribution in [0.5, 0.6) is 5.75 Å². The van der Waals surface area contributed by atoms with Crippen molar-refractivity contribution in [2.24, 2.45) is 0 Å². The number of carbonyl (C=O) groups is 2. The Balaban J connectivity index is 1.44. The summed E-state index contributed by atoms with van der Waals surface area (Å²) in [5.74, 6) is 0.606. The van der Waals surface area contributed by atoms with E-state index >= 15 is 0 Å². The second-order valence-electron chi connectivity index (χ2n) is 5.58. The van der Waals surface area contributed by atoms with E-state index in [0.717, 1.165) is 10.6 Å². The van der Waals surface area contributed by atoms with E-state index in [1.807, 2.05) is 24.4 Å². The molecular weight excluding hydrogens is 366 g/mol. The number of thiophene rings is 1. The number of amides is 2. The lowest BCUT2D eigenvalue weighted by molar-refractivity contribution is -0.123. The number of nitrogens with zero attached hydrogens (tertiary/aromatic N) is 1. The molecule has 0 saturated carbocycles. The van der Waals surface area contributed by atoms with Crippen molar-refractivity contribution in [1.82, 2.24) is 10.3 Å². The molecule has 0 fully saturated rings. The molecule has 0 atom stereocenters. The van der Waals surface area contributed by atoms with E-state index in [9.17, 15) is 9.59 Å². The number of carbonyl (C=O) groups excluding carboxylic acids is 2. The summed E-state index contributed by atoms with van der Waals surface area (Å²) in [6, 6.07) is 10.8. The molecule has 0 aliphatic carbocycles. The van der Waals surface area contributed by atoms with Crippen molar-refractivity contribution in [1.29, 1.82) is 0 Å². The van der Waals surface area contributed by atoms with Gasteiger partial charge in [-0.3, -0.25) is 9.59 Å². The molecule has 140 valence electrons. The van der Waals surface area contributed by atoms with E-state index in [1.165, 1.54) is 17.6 Å². The van der Waals surface area contributed by atoms with Gasteiger partial charge in [0, 0.05) is 5.69 Å². The number of rotatable bonds is 8. The van der Waals surface area contributed by atoms with Crippen molar-refractivity contribution in [3.8, 4) is 16.5 Å². The topological polar surface area (TPSA) is 93.5 Å². The monoisotopic (exact) mass is 385 g/mol. The summed E-state index contributed by atoms with van der Waals surface area (Å²) >= 11 is 1.51. The summed E-state index contributed by atoms with van der Waals surface area (Å²) in [5.41, 5.74) is 1.15. The lowest BCUT2D eigenvalue weighted by atomic mass is 10.3. The quantitative estimate of drug-likeness (QED) is 0.621. The maximum absolute atomic E-state index is 12.0. The Hall–Kier alpha value is -3.13. The van der Waals surface area contributed by atoms with Crippen LogP contribution in [0.25, 0.3) is 10.8 Å². The van der Waals surface area contributed by atoms with Gasteiger partial charge >= 0.3 is 0 Å². The molecular formula is C19H19N3O4S. The van der Waals surface area contributed by atoms with Crippen LogP contribution in [0.2, 0.25) is 0 Å². The van der Waals surface area contributed by atoms with Crippen molar-refractivity contribution in [2.45, 2.75) is 13.3 Å². The molecule has 0 unspecified atom stereocenters. The van der Waals surface area contributed by atoms with Crippen molar-refractivity contribution >= 4 is 28.8 Å². The van der Waals surface area contributed by atoms with Gasteiger partial charge in [0.1, 0.15) is 12.0 Å². The van der Waals surface area contributed by atoms with Crippen LogP contribution in [-0.4, -0.2) is 29.9 Å². The van der Waals surface area contributed by atoms with Gasteiger partial charge in [0.05, 0.1) is 30.1 Å². The number of hydrogen-bond donors (Lipinski definition) is 2. The first-order chi connectivity index (χ1) is 13.1. The van der Waals surface area contributed by atoms with E-state index in [1.54, 1.807) is 24.3 Å². The minimum Gasteiger partial charge on any atom is -0.494 e. The average Bonchev–Trinajstić information content (AvgIpc) is 3.33. The van der Waals surface area contributed by atoms with Crippen molar-refractivity contribution in [3.63, 3.8) is 0 Å². The first-order valence-corrected chi connectivity index (χ1v) is 9.29. The Morgan fingerprint density at radius 1 is 1.19 bits per heavy atom. The van der Waals surface area contributed by atoms with E-state index in [4.69, 9.17) is 9.15 Å². The minimum atomic E-state index is -0.313. The van der Waals surface area contributed by atoms with Crippen LogP contribution in [0.15, 0.2) is 52.5 Å². The van der Waals surface area contributed by atoms with Gasteiger partial charge in [0.2, 0.25) is 17.7 Å². The standard InChI is InChI=1S/C19H19N3O4S/c1-2-25-15-7-5-13(6-8-15)21-18(24)11-20-17(23)10-14-12-26-19(22-14)16-4-3-9-27-16/h3-9,12H,2,10-11H2,1H3,(H,20,23)(H,21,24). The van der Waals surface area contributed by atoms with E-state index in [-0.39, 0.29) is 24.8 Å². The molecule has 27 heavy (non-hydrogen) atoms. The molecule has 2 amide bonds. The molecule has 0 spiro atoms. The Kier molecular flexibility index (Phi) is 6.22. The van der Waals surface area contributed by atoms with Gasteiger partial charge in [-0.25, -0.2) is 4.98 Å². The number of ether oxygens (including phenoxy) is 1. The molecule has 0 aliphatic heterocycles. The summed E-state index contributed by atoms with van der Waals surface area (Å²) in [5, 5.41) is 7.21. The first-order valence-electron chi connectivity index (χ1n) is 8.41. The van der Waals surface area contributed by atoms with Gasteiger partial charge in [-0.2, -0.15) is 0 Å². The fourth-order valence-electron chi connectivity index (χ4n) is 2.31. The number of oxazole rings is 1. The highest BCUT2D eigenvalue weighted by atomic mass is 32.1. The van der Waals surface area contributed by atoms with Gasteiger partial charge in [0.15, 0.2) is 0 Å². The van der Waals surface area contributed by atoms with Crippen LogP contribution in [0.4, 0.5) is 5.69 Å². The van der Waals surface area contributed by atoms with Crippen molar-refractivity contribution in [3.05, 3.63) is 53.7 Å². The number of aromatic nitrogens is 1. The zero-order chi connectivity index (χ0) is 19.1. The molecule has 0 aliphatic rings. The predicted octanol–water partition coefficient (Wildman–Crippen LogP) is 3.10. The molecule has 3 rings (SSSR count). The summed E-state index contributed by atoms with van der Waals surface area (Å²) < 4.78 is 10.7. The van der Waals surface area contributed by atoms with Gasteiger partial charge in [-0.1, -0.05) is 6.07 Å². The molecule has 2 heterocycles. The molecule has 2 aromatic heterocycles. The predicted molar refractivity (Wildman–Crippen MR) is 103 cm³/mol. The summed E-state index contributed by atoms with van der Waals surface area (Å²) in [6.45, 7) is 2.36. The lowest BCUT2D eigenvalue weighted by Gasteiger charge is -2.08. The van der Waals surface area contributed by atoms with Crippen molar-refractivity contribution < 1.29 is 18.7 Å². The van der Waals surface area contributed by atoms with Crippen LogP contribution in [0, 0.1) is 0 Å². The zero-order valence-electron chi connectivity index (χ0n) is 14.7. The number of anilines is 1. The zero-order valence-corrected chi connectivity index (χ0v) is 15.5. The first kappa shape index (κ1) is 18.7. The molecule has 0 radical (unpaired) electrons. The molecule has 8 heteroatoms. The largest absolute Gasteiger partial charge is 0.494 e. The van der Waals surface area contributed by atoms with Crippen LogP contribution < -0.4 is 15.4 Å². The summed E-state index contributed by atoms with van der Waals surface area (Å²) in [4.78, 5) is 29.1. The smallest absolute Gasteiger partial charge is 0.243 e. The fourth-order valence-corrected chi connectivity index (χ4v) is 2.97. The van der Waals surface area contributed by atoms with Gasteiger partial charge < -0.3 is 19.8 Å². The maximum Gasteiger partial charge on any atom is 0.243 e. The van der Waals surface area contributed by atoms with Gasteiger partial charge in [-0.05, 0) is 42.6 Å². The molecule has 0 saturated heterocycles. The average molecular weight is 385 g/mol. The molecule has 1 aromatic carbocycles. The molecule has 3 aromatic rings. The Labute approximate surface area is 160 Å². The van der Waals surface area contributed by atoms with Gasteiger partial charge in [-0.15, -0.1) is 11.3 Å². The van der Waals surface area contributed by atoms with Crippen LogP contribution in [-0.2, 0) is 16.0 Å². The van der Waals surface area contributed by atoms with Crippen LogP contribution in [0.3, 0.4) is 0 Å². The molecule has 7 nitrogen and oxygen atoms in total. The van der Waals surface area contributed by atoms with Crippen LogP contribution in [0.1, 0.15) is 12.6 Å². The Morgan fingerprint density at radius 3 is 2.70 bits per heavy atom. The third-order valence-electron chi connectivity index (χ3n) is 3.52. The molecule has 2 N–H and O–H groups in total. The third kappa shape index (κ3) is 5.42. The summed E-state index contributed by atoms with van der Waals surface area (Å²) in [6.07, 6.45) is 1.50. The highest BCUT2D eigenvalue weighted by Crippen LogP contribution is 2.23. The minimum absolute atomic E-state index is 0.0468. The fraction of sp³-hybridized carbons (Fsp3) is 0.211. The highest BCUT2D eigenvalue weighted by Gasteiger charge is 2.12. The third-order valence-corrected chi connectivity index (χ3v) is 4.38. The summed E-state index contributed by atoms with van der Waals surface area (Å²) in [7, 11) is 0. The molecule has 0 bridgehead atoms. The SMILES string of the molecule is CCOc1ccc(NC(=O)CNC(=O)Cc2coc(-c3cccs3)n2)cc1. The normalized spacial score (nSPS) is 10.4. The van der Waals surface area contributed by atoms with E-state index < -0.39 is 0 Å². The Bertz CT molecular complexity index is 888. The lowest BCUT2D eigenvalue weighted by Crippen LogP contribution is -2.33. The van der Waals surface area contributed by atoms with Gasteiger partial charge in [0.25, 0.3) is 0 Å². The second-order valence-corrected chi connectivity index (χ2v) is 6.53. The highest BCUT2D eigenvalue weighted by molar-refractivity contribution is 7.13. The Morgan fingerprint density at radius 2 is 2.00 bits per heavy atom. The number of benzene rings is 1. The maximum atomic E-state index is 12.0. The number of nitrogens with one attached hydrogen (secondary N) is 2. The van der Waals surface area contributed by atoms with Crippen molar-refractivity contribution in [2.75, 3.05) is 18.5 Å². The second kappa shape index (κ2) is 9.00. The van der Waals surface area contributed by atoms with Crippen LogP contribution >= 0.6 is 11.3 Å².